The van der Waals surface area contributed by atoms with Crippen LogP contribution in [0.1, 0.15) is 30.9 Å². The third kappa shape index (κ3) is 6.61. The Kier molecular flexibility index (Phi) is 7.98. The van der Waals surface area contributed by atoms with Gasteiger partial charge in [-0.05, 0) is 43.5 Å². The Morgan fingerprint density at radius 1 is 1.12 bits per heavy atom. The topological polar surface area (TPSA) is 94.8 Å². The Morgan fingerprint density at radius 3 is 2.59 bits per heavy atom. The number of benzene rings is 2. The van der Waals surface area contributed by atoms with Gasteiger partial charge in [0.15, 0.2) is 14.6 Å². The molecule has 9 heteroatoms. The molecule has 0 bridgehead atoms. The van der Waals surface area contributed by atoms with Crippen LogP contribution in [0.2, 0.25) is 0 Å². The van der Waals surface area contributed by atoms with Crippen LogP contribution >= 0.6 is 11.3 Å². The van der Waals surface area contributed by atoms with Crippen molar-refractivity contribution in [1.29, 1.82) is 0 Å². The number of amides is 1. The van der Waals surface area contributed by atoms with Crippen LogP contribution in [0.3, 0.4) is 0 Å². The lowest BCUT2D eigenvalue weighted by atomic mass is 10.2. The van der Waals surface area contributed by atoms with E-state index in [1.54, 1.807) is 35.8 Å². The molecule has 32 heavy (non-hydrogen) atoms. The maximum Gasteiger partial charge on any atom is 0.326 e. The van der Waals surface area contributed by atoms with Crippen molar-refractivity contribution in [2.45, 2.75) is 39.0 Å². The number of thiazole rings is 1. The number of esters is 1. The molecule has 1 amide bonds. The van der Waals surface area contributed by atoms with Gasteiger partial charge in [-0.1, -0.05) is 47.7 Å². The zero-order chi connectivity index (χ0) is 23.1. The van der Waals surface area contributed by atoms with Crippen molar-refractivity contribution in [2.24, 2.45) is 4.99 Å². The zero-order valence-corrected chi connectivity index (χ0v) is 19.7. The van der Waals surface area contributed by atoms with E-state index < -0.39 is 21.7 Å². The maximum absolute atomic E-state index is 12.5. The van der Waals surface area contributed by atoms with Crippen molar-refractivity contribution in [2.75, 3.05) is 12.4 Å². The summed E-state index contributed by atoms with van der Waals surface area (Å²) in [5.74, 6) is -0.958. The Labute approximate surface area is 191 Å². The Balaban J connectivity index is 1.73. The number of ether oxygens (including phenoxy) is 1. The molecule has 3 aromatic rings. The smallest absolute Gasteiger partial charge is 0.326 e. The molecule has 2 aromatic carbocycles. The summed E-state index contributed by atoms with van der Waals surface area (Å²) in [5.41, 5.74) is 2.58. The molecule has 0 aliphatic rings. The number of nitrogens with zero attached hydrogens (tertiary/aromatic N) is 2. The summed E-state index contributed by atoms with van der Waals surface area (Å²) >= 11 is 1.32. The largest absolute Gasteiger partial charge is 0.465 e. The lowest BCUT2D eigenvalue weighted by Gasteiger charge is -2.05. The van der Waals surface area contributed by atoms with Gasteiger partial charge in [-0.15, -0.1) is 0 Å². The molecular formula is C23H26N2O5S2. The van der Waals surface area contributed by atoms with Gasteiger partial charge in [0.05, 0.1) is 28.3 Å². The van der Waals surface area contributed by atoms with E-state index >= 15 is 0 Å². The maximum atomic E-state index is 12.5. The highest BCUT2D eigenvalue weighted by atomic mass is 32.2. The number of aryl methyl sites for hydroxylation is 1. The van der Waals surface area contributed by atoms with Gasteiger partial charge in [0, 0.05) is 6.42 Å². The predicted molar refractivity (Wildman–Crippen MR) is 125 cm³/mol. The normalized spacial score (nSPS) is 12.2. The van der Waals surface area contributed by atoms with Crippen molar-refractivity contribution in [3.05, 3.63) is 64.5 Å². The zero-order valence-electron chi connectivity index (χ0n) is 18.1. The molecule has 0 aliphatic carbocycles. The number of rotatable bonds is 9. The first-order valence-electron chi connectivity index (χ1n) is 10.3. The van der Waals surface area contributed by atoms with Crippen molar-refractivity contribution in [3.63, 3.8) is 0 Å². The standard InChI is InChI=1S/C23H26N2O5S2/c1-3-30-22(27)15-25-19-12-11-17(2)14-20(19)31-23(25)24-21(26)10-7-13-32(28,29)16-18-8-5-4-6-9-18/h4-6,8-9,11-12,14H,3,7,10,13,15-16H2,1-2H3. The number of carbonyl (C=O) groups excluding carboxylic acids is 2. The summed E-state index contributed by atoms with van der Waals surface area (Å²) in [7, 11) is -3.32. The second-order valence-corrected chi connectivity index (χ2v) is 10.6. The molecule has 1 heterocycles. The number of sulfone groups is 1. The molecule has 0 unspecified atom stereocenters. The van der Waals surface area contributed by atoms with Crippen molar-refractivity contribution < 1.29 is 22.7 Å². The van der Waals surface area contributed by atoms with E-state index in [2.05, 4.69) is 4.99 Å². The number of hydrogen-bond donors (Lipinski definition) is 0. The highest BCUT2D eigenvalue weighted by molar-refractivity contribution is 7.90. The van der Waals surface area contributed by atoms with Crippen LogP contribution < -0.4 is 4.80 Å². The van der Waals surface area contributed by atoms with E-state index in [4.69, 9.17) is 4.74 Å². The van der Waals surface area contributed by atoms with Crippen LogP contribution in [0.25, 0.3) is 10.2 Å². The fourth-order valence-electron chi connectivity index (χ4n) is 3.26. The number of aromatic nitrogens is 1. The molecule has 3 rings (SSSR count). The summed E-state index contributed by atoms with van der Waals surface area (Å²) in [6, 6.07) is 14.8. The van der Waals surface area contributed by atoms with E-state index in [0.29, 0.717) is 4.80 Å². The molecule has 7 nitrogen and oxygen atoms in total. The third-order valence-corrected chi connectivity index (χ3v) is 7.45. The van der Waals surface area contributed by atoms with Gasteiger partial charge in [0.2, 0.25) is 5.91 Å². The van der Waals surface area contributed by atoms with E-state index in [1.807, 2.05) is 31.2 Å². The van der Waals surface area contributed by atoms with Gasteiger partial charge in [-0.3, -0.25) is 9.59 Å². The van der Waals surface area contributed by atoms with Crippen molar-refractivity contribution in [3.8, 4) is 0 Å². The van der Waals surface area contributed by atoms with E-state index in [-0.39, 0.29) is 37.5 Å². The Morgan fingerprint density at radius 2 is 1.88 bits per heavy atom. The predicted octanol–water partition coefficient (Wildman–Crippen LogP) is 3.40. The quantitative estimate of drug-likeness (QED) is 0.443. The first-order valence-corrected chi connectivity index (χ1v) is 13.0. The van der Waals surface area contributed by atoms with Crippen LogP contribution in [-0.2, 0) is 36.5 Å². The second-order valence-electron chi connectivity index (χ2n) is 7.43. The lowest BCUT2D eigenvalue weighted by molar-refractivity contribution is -0.143. The van der Waals surface area contributed by atoms with Gasteiger partial charge in [0.25, 0.3) is 0 Å². The summed E-state index contributed by atoms with van der Waals surface area (Å²) in [4.78, 5) is 29.1. The van der Waals surface area contributed by atoms with Gasteiger partial charge in [-0.2, -0.15) is 4.99 Å². The summed E-state index contributed by atoms with van der Waals surface area (Å²) in [6.07, 6.45) is 0.208. The van der Waals surface area contributed by atoms with Gasteiger partial charge in [-0.25, -0.2) is 8.42 Å². The Bertz CT molecular complexity index is 1270. The summed E-state index contributed by atoms with van der Waals surface area (Å²) < 4.78 is 32.3. The molecule has 0 atom stereocenters. The summed E-state index contributed by atoms with van der Waals surface area (Å²) in [6.45, 7) is 3.92. The van der Waals surface area contributed by atoms with Gasteiger partial charge >= 0.3 is 5.97 Å². The van der Waals surface area contributed by atoms with Crippen LogP contribution in [0.4, 0.5) is 0 Å². The highest BCUT2D eigenvalue weighted by Gasteiger charge is 2.15. The molecular weight excluding hydrogens is 448 g/mol. The fourth-order valence-corrected chi connectivity index (χ4v) is 5.83. The minimum atomic E-state index is -3.32. The van der Waals surface area contributed by atoms with Crippen LogP contribution in [0, 0.1) is 6.92 Å². The van der Waals surface area contributed by atoms with Crippen LogP contribution in [-0.4, -0.2) is 37.2 Å². The molecule has 1 aromatic heterocycles. The minimum absolute atomic E-state index is 0.0146. The molecule has 0 N–H and O–H groups in total. The average Bonchev–Trinajstić information content (AvgIpc) is 3.04. The fraction of sp³-hybridized carbons (Fsp3) is 0.348. The summed E-state index contributed by atoms with van der Waals surface area (Å²) in [5, 5.41) is 0. The van der Waals surface area contributed by atoms with E-state index in [0.717, 1.165) is 21.3 Å². The molecule has 0 radical (unpaired) electrons. The van der Waals surface area contributed by atoms with Crippen molar-refractivity contribution >= 4 is 43.3 Å². The molecule has 170 valence electrons. The first kappa shape index (κ1) is 23.9. The molecule has 0 saturated carbocycles. The monoisotopic (exact) mass is 474 g/mol. The molecule has 0 fully saturated rings. The van der Waals surface area contributed by atoms with Crippen LogP contribution in [0.5, 0.6) is 0 Å². The van der Waals surface area contributed by atoms with E-state index in [9.17, 15) is 18.0 Å². The van der Waals surface area contributed by atoms with Crippen LogP contribution in [0.15, 0.2) is 53.5 Å². The number of fused-ring (bicyclic) bond motifs is 1. The highest BCUT2D eigenvalue weighted by Crippen LogP contribution is 2.19. The van der Waals surface area contributed by atoms with Gasteiger partial charge in [0.1, 0.15) is 6.54 Å². The van der Waals surface area contributed by atoms with Gasteiger partial charge < -0.3 is 9.30 Å². The SMILES string of the molecule is CCOC(=O)Cn1c(=NC(=O)CCCS(=O)(=O)Cc2ccccc2)sc2cc(C)ccc21. The van der Waals surface area contributed by atoms with E-state index in [1.165, 1.54) is 11.3 Å². The minimum Gasteiger partial charge on any atom is -0.465 e. The van der Waals surface area contributed by atoms with Crippen molar-refractivity contribution in [1.82, 2.24) is 4.57 Å². The molecule has 0 saturated heterocycles. The lowest BCUT2D eigenvalue weighted by Crippen LogP contribution is -2.23. The molecule has 0 aliphatic heterocycles. The number of hydrogen-bond acceptors (Lipinski definition) is 6. The number of carbonyl (C=O) groups is 2. The second kappa shape index (κ2) is 10.7. The average molecular weight is 475 g/mol. The first-order chi connectivity index (χ1) is 15.3. The Hall–Kier alpha value is -2.78. The molecule has 0 spiro atoms. The third-order valence-electron chi connectivity index (χ3n) is 4.73.